The average molecular weight is 654 g/mol. The van der Waals surface area contributed by atoms with E-state index in [9.17, 15) is 19.2 Å². The summed E-state index contributed by atoms with van der Waals surface area (Å²) in [5, 5.41) is 11.9. The van der Waals surface area contributed by atoms with Crippen molar-refractivity contribution in [1.29, 1.82) is 0 Å². The molecule has 10 heteroatoms. The van der Waals surface area contributed by atoms with Gasteiger partial charge in [-0.2, -0.15) is 0 Å². The predicted octanol–water partition coefficient (Wildman–Crippen LogP) is 5.46. The van der Waals surface area contributed by atoms with Crippen LogP contribution in [0.3, 0.4) is 0 Å². The second-order valence-electron chi connectivity index (χ2n) is 9.03. The predicted molar refractivity (Wildman–Crippen MR) is 154 cm³/mol. The maximum absolute atomic E-state index is 13.5. The minimum atomic E-state index is -0.983. The third-order valence-electron chi connectivity index (χ3n) is 6.31. The van der Waals surface area contributed by atoms with Gasteiger partial charge in [0.25, 0.3) is 0 Å². The summed E-state index contributed by atoms with van der Waals surface area (Å²) in [5.74, 6) is -2.05. The molecule has 0 saturated heterocycles. The largest absolute Gasteiger partial charge is 0.481 e. The number of nitrogens with zero attached hydrogens (tertiary/aromatic N) is 1. The van der Waals surface area contributed by atoms with E-state index in [-0.39, 0.29) is 37.3 Å². The number of aliphatic carboxylic acids is 1. The fourth-order valence-electron chi connectivity index (χ4n) is 4.29. The summed E-state index contributed by atoms with van der Waals surface area (Å²) in [5.41, 5.74) is 2.02. The summed E-state index contributed by atoms with van der Waals surface area (Å²) in [7, 11) is 0. The summed E-state index contributed by atoms with van der Waals surface area (Å²) < 4.78 is 12.3. The van der Waals surface area contributed by atoms with Gasteiger partial charge in [0.2, 0.25) is 0 Å². The number of rotatable bonds is 10. The van der Waals surface area contributed by atoms with Gasteiger partial charge in [-0.15, -0.1) is 0 Å². The van der Waals surface area contributed by atoms with Gasteiger partial charge >= 0.3 is 23.9 Å². The van der Waals surface area contributed by atoms with Crippen LogP contribution in [-0.2, 0) is 20.9 Å². The maximum atomic E-state index is 13.5. The Kier molecular flexibility index (Phi) is 9.54. The van der Waals surface area contributed by atoms with E-state index in [1.165, 1.54) is 4.90 Å². The van der Waals surface area contributed by atoms with E-state index >= 15 is 0 Å². The van der Waals surface area contributed by atoms with Gasteiger partial charge in [0.15, 0.2) is 0 Å². The van der Waals surface area contributed by atoms with E-state index in [1.54, 1.807) is 55.5 Å². The molecule has 0 radical (unpaired) electrons. The van der Waals surface area contributed by atoms with Gasteiger partial charge in [-0.3, -0.25) is 9.69 Å². The van der Waals surface area contributed by atoms with Crippen molar-refractivity contribution < 1.29 is 33.8 Å². The van der Waals surface area contributed by atoms with Gasteiger partial charge in [-0.25, -0.2) is 14.4 Å². The van der Waals surface area contributed by atoms with Crippen LogP contribution in [0.2, 0.25) is 0 Å². The summed E-state index contributed by atoms with van der Waals surface area (Å²) in [6.07, 6.45) is 0.0624. The van der Waals surface area contributed by atoms with Gasteiger partial charge in [0.05, 0.1) is 17.2 Å². The molecule has 0 spiro atoms. The number of benzene rings is 3. The quantitative estimate of drug-likeness (QED) is 0.169. The first kappa shape index (κ1) is 28.8. The third-order valence-corrected chi connectivity index (χ3v) is 7.03. The second-order valence-corrected chi connectivity index (χ2v) is 10.3. The number of allylic oxidation sites excluding steroid dienone is 1. The van der Waals surface area contributed by atoms with Crippen LogP contribution in [0.15, 0.2) is 90.1 Å². The van der Waals surface area contributed by atoms with Crippen molar-refractivity contribution >= 4 is 46.5 Å². The van der Waals surface area contributed by atoms with Crippen molar-refractivity contribution in [3.63, 3.8) is 0 Å². The number of amides is 2. The Morgan fingerprint density at radius 3 is 2.33 bits per heavy atom. The highest BCUT2D eigenvalue weighted by Crippen LogP contribution is 2.36. The molecule has 0 aromatic heterocycles. The average Bonchev–Trinajstić information content (AvgIpc) is 2.94. The molecule has 1 aliphatic rings. The number of hydrogen-bond acceptors (Lipinski definition) is 6. The highest BCUT2D eigenvalue weighted by molar-refractivity contribution is 14.1. The van der Waals surface area contributed by atoms with Gasteiger partial charge in [-0.1, -0.05) is 48.5 Å². The Bertz CT molecular complexity index is 1440. The van der Waals surface area contributed by atoms with Gasteiger partial charge in [0, 0.05) is 27.8 Å². The lowest BCUT2D eigenvalue weighted by Gasteiger charge is -2.35. The first-order chi connectivity index (χ1) is 19.2. The number of esters is 2. The van der Waals surface area contributed by atoms with Crippen molar-refractivity contribution in [3.05, 3.63) is 110 Å². The molecule has 3 aromatic carbocycles. The minimum absolute atomic E-state index is 0.0135. The fraction of sp³-hybridized carbons (Fsp3) is 0.200. The number of carbonyl (C=O) groups is 4. The molecule has 0 fully saturated rings. The molecule has 0 aliphatic carbocycles. The molecule has 0 bridgehead atoms. The van der Waals surface area contributed by atoms with E-state index in [2.05, 4.69) is 27.9 Å². The summed E-state index contributed by atoms with van der Waals surface area (Å²) in [6.45, 7) is 1.72. The molecule has 206 valence electrons. The molecule has 2 amide bonds. The Morgan fingerprint density at radius 2 is 1.62 bits per heavy atom. The van der Waals surface area contributed by atoms with Crippen LogP contribution in [0.1, 0.15) is 47.3 Å². The molecule has 1 unspecified atom stereocenters. The maximum Gasteiger partial charge on any atom is 0.343 e. The smallest absolute Gasteiger partial charge is 0.343 e. The zero-order valence-electron chi connectivity index (χ0n) is 21.6. The monoisotopic (exact) mass is 654 g/mol. The van der Waals surface area contributed by atoms with Crippen molar-refractivity contribution in [3.8, 4) is 5.75 Å². The molecular formula is C30H27IN2O7. The highest BCUT2D eigenvalue weighted by Gasteiger charge is 2.38. The number of halogens is 1. The Morgan fingerprint density at radius 1 is 0.950 bits per heavy atom. The Hall–Kier alpha value is -4.19. The zero-order valence-corrected chi connectivity index (χ0v) is 23.8. The number of urea groups is 1. The first-order valence-corrected chi connectivity index (χ1v) is 13.6. The SMILES string of the molecule is CC1=C(C(=O)OCc2ccccc2)C(c2ccccc2OC(=O)c2ccc(I)cc2)NC(=O)N1CCCC(=O)O. The number of para-hydroxylation sites is 1. The van der Waals surface area contributed by atoms with E-state index in [0.29, 0.717) is 16.8 Å². The number of carboxylic acids is 1. The number of hydrogen-bond donors (Lipinski definition) is 2. The lowest BCUT2D eigenvalue weighted by molar-refractivity contribution is -0.141. The second kappa shape index (κ2) is 13.2. The Balaban J connectivity index is 1.67. The van der Waals surface area contributed by atoms with Crippen LogP contribution < -0.4 is 10.1 Å². The molecular weight excluding hydrogens is 627 g/mol. The van der Waals surface area contributed by atoms with Gasteiger partial charge in [0.1, 0.15) is 12.4 Å². The molecule has 4 rings (SSSR count). The summed E-state index contributed by atoms with van der Waals surface area (Å²) in [6, 6.07) is 21.2. The van der Waals surface area contributed by atoms with E-state index < -0.39 is 30.0 Å². The molecule has 3 aromatic rings. The van der Waals surface area contributed by atoms with Crippen molar-refractivity contribution in [1.82, 2.24) is 10.2 Å². The highest BCUT2D eigenvalue weighted by atomic mass is 127. The lowest BCUT2D eigenvalue weighted by atomic mass is 9.94. The van der Waals surface area contributed by atoms with Crippen LogP contribution in [0.4, 0.5) is 4.79 Å². The van der Waals surface area contributed by atoms with Crippen LogP contribution in [0, 0.1) is 3.57 Å². The normalized spacial score (nSPS) is 14.9. The van der Waals surface area contributed by atoms with Crippen LogP contribution in [-0.4, -0.2) is 40.5 Å². The molecule has 40 heavy (non-hydrogen) atoms. The fourth-order valence-corrected chi connectivity index (χ4v) is 4.65. The number of carboxylic acid groups (broad SMARTS) is 1. The molecule has 1 heterocycles. The number of nitrogens with one attached hydrogen (secondary N) is 1. The van der Waals surface area contributed by atoms with E-state index in [0.717, 1.165) is 9.13 Å². The first-order valence-electron chi connectivity index (χ1n) is 12.5. The molecule has 1 atom stereocenters. The number of carbonyl (C=O) groups excluding carboxylic acids is 3. The van der Waals surface area contributed by atoms with Gasteiger partial charge in [-0.05, 0) is 71.8 Å². The molecule has 1 aliphatic heterocycles. The van der Waals surface area contributed by atoms with Crippen LogP contribution in [0.5, 0.6) is 5.75 Å². The van der Waals surface area contributed by atoms with Crippen molar-refractivity contribution in [2.24, 2.45) is 0 Å². The number of ether oxygens (including phenoxy) is 2. The van der Waals surface area contributed by atoms with Crippen LogP contribution >= 0.6 is 22.6 Å². The summed E-state index contributed by atoms with van der Waals surface area (Å²) in [4.78, 5) is 52.0. The summed E-state index contributed by atoms with van der Waals surface area (Å²) >= 11 is 2.14. The molecule has 0 saturated carbocycles. The lowest BCUT2D eigenvalue weighted by Crippen LogP contribution is -2.48. The van der Waals surface area contributed by atoms with Gasteiger partial charge < -0.3 is 19.9 Å². The van der Waals surface area contributed by atoms with E-state index in [4.69, 9.17) is 14.6 Å². The molecule has 9 nitrogen and oxygen atoms in total. The topological polar surface area (TPSA) is 122 Å². The Labute approximate surface area is 244 Å². The van der Waals surface area contributed by atoms with Crippen LogP contribution in [0.25, 0.3) is 0 Å². The minimum Gasteiger partial charge on any atom is -0.481 e. The zero-order chi connectivity index (χ0) is 28.6. The standard InChI is InChI=1S/C30H27IN2O7/c1-19-26(29(37)39-18-20-8-3-2-4-9-20)27(32-30(38)33(19)17-7-12-25(34)35)23-10-5-6-11-24(23)40-28(36)21-13-15-22(31)16-14-21/h2-6,8-11,13-16,27H,7,12,17-18H2,1H3,(H,32,38)(H,34,35). The van der Waals surface area contributed by atoms with Crippen molar-refractivity contribution in [2.75, 3.05) is 6.54 Å². The van der Waals surface area contributed by atoms with E-state index in [1.807, 2.05) is 30.3 Å². The molecule has 2 N–H and O–H groups in total. The van der Waals surface area contributed by atoms with Crippen molar-refractivity contribution in [2.45, 2.75) is 32.4 Å². The third kappa shape index (κ3) is 7.06.